The van der Waals surface area contributed by atoms with Gasteiger partial charge >= 0.3 is 0 Å². The third-order valence-corrected chi connectivity index (χ3v) is 5.49. The van der Waals surface area contributed by atoms with E-state index in [0.29, 0.717) is 17.2 Å². The van der Waals surface area contributed by atoms with Gasteiger partial charge in [-0.3, -0.25) is 4.98 Å². The quantitative estimate of drug-likeness (QED) is 0.704. The second kappa shape index (κ2) is 6.82. The van der Waals surface area contributed by atoms with E-state index in [-0.39, 0.29) is 16.8 Å². The highest BCUT2D eigenvalue weighted by atomic mass is 16.3. The number of phenols is 1. The fourth-order valence-corrected chi connectivity index (χ4v) is 4.90. The third kappa shape index (κ3) is 3.99. The van der Waals surface area contributed by atoms with Gasteiger partial charge in [-0.1, -0.05) is 6.07 Å². The molecule has 3 aromatic rings. The number of pyridine rings is 1. The fourth-order valence-electron chi connectivity index (χ4n) is 4.90. The highest BCUT2D eigenvalue weighted by Crippen LogP contribution is 2.35. The number of fused-ring (bicyclic) bond motifs is 1. The molecule has 1 saturated heterocycles. The fraction of sp³-hybridized carbons (Fsp3) is 0.435. The topological polar surface area (TPSA) is 70.9 Å². The smallest absolute Gasteiger partial charge is 0.127 e. The molecule has 2 N–H and O–H groups in total. The molecule has 5 nitrogen and oxygen atoms in total. The van der Waals surface area contributed by atoms with Crippen molar-refractivity contribution in [1.82, 2.24) is 20.5 Å². The van der Waals surface area contributed by atoms with E-state index >= 15 is 0 Å². The Hall–Kier alpha value is -2.53. The molecule has 0 aliphatic carbocycles. The van der Waals surface area contributed by atoms with E-state index in [1.165, 1.54) is 0 Å². The molecule has 0 radical (unpaired) electrons. The van der Waals surface area contributed by atoms with Gasteiger partial charge in [-0.05, 0) is 77.1 Å². The van der Waals surface area contributed by atoms with Crippen LogP contribution in [0.2, 0.25) is 0 Å². The maximum atomic E-state index is 10.4. The minimum Gasteiger partial charge on any atom is -0.507 e. The van der Waals surface area contributed by atoms with E-state index in [4.69, 9.17) is 0 Å². The SMILES string of the molecule is CC1(C)CC(Cc2ccc(-c3cc4cccnc4cc3O)nn2)CC(C)(C)N1. The number of phenolic OH excluding ortho intramolecular Hbond substituents is 1. The summed E-state index contributed by atoms with van der Waals surface area (Å²) in [7, 11) is 0. The highest BCUT2D eigenvalue weighted by molar-refractivity contribution is 5.87. The predicted octanol–water partition coefficient (Wildman–Crippen LogP) is 4.50. The van der Waals surface area contributed by atoms with Crippen LogP contribution in [0.25, 0.3) is 22.2 Å². The number of benzene rings is 1. The molecule has 146 valence electrons. The van der Waals surface area contributed by atoms with Gasteiger partial charge in [0.05, 0.1) is 16.9 Å². The molecular weight excluding hydrogens is 348 g/mol. The van der Waals surface area contributed by atoms with Crippen molar-refractivity contribution in [1.29, 1.82) is 0 Å². The van der Waals surface area contributed by atoms with Gasteiger partial charge in [-0.15, -0.1) is 0 Å². The zero-order valence-corrected chi connectivity index (χ0v) is 17.0. The van der Waals surface area contributed by atoms with Crippen molar-refractivity contribution >= 4 is 10.9 Å². The van der Waals surface area contributed by atoms with Crippen LogP contribution >= 0.6 is 0 Å². The molecule has 1 aliphatic heterocycles. The van der Waals surface area contributed by atoms with Gasteiger partial charge in [-0.25, -0.2) is 0 Å². The second-order valence-electron chi connectivity index (χ2n) is 9.35. The standard InChI is InChI=1S/C23H28N4O/c1-22(2)13-15(14-23(3,4)27-22)10-17-7-8-19(26-25-17)18-11-16-6-5-9-24-20(16)12-21(18)28/h5-9,11-12,15,27-28H,10,13-14H2,1-4H3. The van der Waals surface area contributed by atoms with Gasteiger partial charge in [0.2, 0.25) is 0 Å². The largest absolute Gasteiger partial charge is 0.507 e. The lowest BCUT2D eigenvalue weighted by molar-refractivity contribution is 0.128. The normalized spacial score (nSPS) is 19.0. The number of hydrogen-bond donors (Lipinski definition) is 2. The molecule has 2 aromatic heterocycles. The average molecular weight is 377 g/mol. The molecule has 0 amide bonds. The molecule has 0 spiro atoms. The van der Waals surface area contributed by atoms with Gasteiger partial charge in [0.15, 0.2) is 0 Å². The lowest BCUT2D eigenvalue weighted by Gasteiger charge is -2.46. The van der Waals surface area contributed by atoms with E-state index in [1.54, 1.807) is 12.3 Å². The van der Waals surface area contributed by atoms with E-state index in [0.717, 1.165) is 35.9 Å². The van der Waals surface area contributed by atoms with Crippen molar-refractivity contribution in [3.8, 4) is 17.0 Å². The van der Waals surface area contributed by atoms with Crippen LogP contribution in [-0.4, -0.2) is 31.4 Å². The van der Waals surface area contributed by atoms with Crippen LogP contribution in [0, 0.1) is 5.92 Å². The summed E-state index contributed by atoms with van der Waals surface area (Å²) in [4.78, 5) is 4.28. The summed E-state index contributed by atoms with van der Waals surface area (Å²) in [6, 6.07) is 11.5. The summed E-state index contributed by atoms with van der Waals surface area (Å²) in [6.45, 7) is 9.08. The van der Waals surface area contributed by atoms with E-state index < -0.39 is 0 Å². The molecule has 0 unspecified atom stereocenters. The second-order valence-corrected chi connectivity index (χ2v) is 9.35. The molecule has 1 aliphatic rings. The number of nitrogens with zero attached hydrogens (tertiary/aromatic N) is 3. The van der Waals surface area contributed by atoms with Crippen LogP contribution in [-0.2, 0) is 6.42 Å². The lowest BCUT2D eigenvalue weighted by atomic mass is 9.74. The number of aromatic hydroxyl groups is 1. The van der Waals surface area contributed by atoms with Crippen LogP contribution in [0.4, 0.5) is 0 Å². The molecule has 0 bridgehead atoms. The first-order valence-corrected chi connectivity index (χ1v) is 9.91. The zero-order chi connectivity index (χ0) is 19.9. The molecular formula is C23H28N4O. The minimum atomic E-state index is 0.130. The zero-order valence-electron chi connectivity index (χ0n) is 17.0. The Morgan fingerprint density at radius 1 is 1.04 bits per heavy atom. The third-order valence-electron chi connectivity index (χ3n) is 5.49. The summed E-state index contributed by atoms with van der Waals surface area (Å²) in [6.07, 6.45) is 4.89. The van der Waals surface area contributed by atoms with Crippen molar-refractivity contribution in [2.75, 3.05) is 0 Å². The Morgan fingerprint density at radius 3 is 2.46 bits per heavy atom. The Kier molecular flexibility index (Phi) is 4.58. The van der Waals surface area contributed by atoms with Crippen molar-refractivity contribution in [2.45, 2.75) is 58.0 Å². The highest BCUT2D eigenvalue weighted by Gasteiger charge is 2.37. The maximum absolute atomic E-state index is 10.4. The van der Waals surface area contributed by atoms with Crippen molar-refractivity contribution in [3.05, 3.63) is 48.3 Å². The van der Waals surface area contributed by atoms with E-state index in [9.17, 15) is 5.11 Å². The van der Waals surface area contributed by atoms with E-state index in [1.807, 2.05) is 30.3 Å². The van der Waals surface area contributed by atoms with Gasteiger partial charge < -0.3 is 10.4 Å². The van der Waals surface area contributed by atoms with Crippen LogP contribution in [0.3, 0.4) is 0 Å². The molecule has 28 heavy (non-hydrogen) atoms. The van der Waals surface area contributed by atoms with Crippen molar-refractivity contribution in [3.63, 3.8) is 0 Å². The number of hydrogen-bond acceptors (Lipinski definition) is 5. The Morgan fingerprint density at radius 2 is 1.79 bits per heavy atom. The molecule has 1 fully saturated rings. The maximum Gasteiger partial charge on any atom is 0.127 e. The van der Waals surface area contributed by atoms with Crippen LogP contribution in [0.15, 0.2) is 42.6 Å². The Labute approximate surface area is 166 Å². The molecule has 3 heterocycles. The molecule has 1 aromatic carbocycles. The molecule has 0 atom stereocenters. The average Bonchev–Trinajstić information content (AvgIpc) is 2.59. The van der Waals surface area contributed by atoms with Crippen LogP contribution < -0.4 is 5.32 Å². The lowest BCUT2D eigenvalue weighted by Crippen LogP contribution is -2.58. The first-order chi connectivity index (χ1) is 13.2. The number of piperidine rings is 1. The molecule has 0 saturated carbocycles. The van der Waals surface area contributed by atoms with Crippen molar-refractivity contribution < 1.29 is 5.11 Å². The van der Waals surface area contributed by atoms with Crippen molar-refractivity contribution in [2.24, 2.45) is 5.92 Å². The van der Waals surface area contributed by atoms with Crippen LogP contribution in [0.1, 0.15) is 46.2 Å². The number of nitrogens with one attached hydrogen (secondary N) is 1. The first-order valence-electron chi connectivity index (χ1n) is 9.91. The molecule has 5 heteroatoms. The molecule has 4 rings (SSSR count). The van der Waals surface area contributed by atoms with Gasteiger partial charge in [-0.2, -0.15) is 10.2 Å². The summed E-state index contributed by atoms with van der Waals surface area (Å²) in [5.74, 6) is 0.752. The number of rotatable bonds is 3. The summed E-state index contributed by atoms with van der Waals surface area (Å²) in [5, 5.41) is 24.0. The Balaban J connectivity index is 1.55. The summed E-state index contributed by atoms with van der Waals surface area (Å²) < 4.78 is 0. The van der Waals surface area contributed by atoms with Crippen LogP contribution in [0.5, 0.6) is 5.75 Å². The Bertz CT molecular complexity index is 979. The van der Waals surface area contributed by atoms with Gasteiger partial charge in [0, 0.05) is 34.3 Å². The monoisotopic (exact) mass is 376 g/mol. The summed E-state index contributed by atoms with van der Waals surface area (Å²) >= 11 is 0. The van der Waals surface area contributed by atoms with Gasteiger partial charge in [0.25, 0.3) is 0 Å². The predicted molar refractivity (Wildman–Crippen MR) is 112 cm³/mol. The number of aromatic nitrogens is 3. The van der Waals surface area contributed by atoms with E-state index in [2.05, 4.69) is 48.2 Å². The summed E-state index contributed by atoms with van der Waals surface area (Å²) in [5.41, 5.74) is 3.39. The first kappa shape index (κ1) is 18.8. The van der Waals surface area contributed by atoms with Gasteiger partial charge in [0.1, 0.15) is 5.75 Å². The minimum absolute atomic E-state index is 0.130.